The largest absolute Gasteiger partial charge is 0.495 e. The van der Waals surface area contributed by atoms with E-state index in [0.717, 1.165) is 12.0 Å². The monoisotopic (exact) mass is 546 g/mol. The molecule has 4 aromatic carbocycles. The van der Waals surface area contributed by atoms with Crippen molar-refractivity contribution in [3.05, 3.63) is 130 Å². The van der Waals surface area contributed by atoms with Gasteiger partial charge in [0.1, 0.15) is 11.6 Å². The Balaban J connectivity index is 1.68. The van der Waals surface area contributed by atoms with Gasteiger partial charge in [0, 0.05) is 12.2 Å². The molecular formula is C34H34N4O3. The molecule has 5 aromatic rings. The van der Waals surface area contributed by atoms with Crippen molar-refractivity contribution in [1.82, 2.24) is 14.5 Å². The number of amides is 2. The Bertz CT molecular complexity index is 1700. The smallest absolute Gasteiger partial charge is 0.322 e. The van der Waals surface area contributed by atoms with Gasteiger partial charge in [-0.1, -0.05) is 80.6 Å². The van der Waals surface area contributed by atoms with Crippen molar-refractivity contribution in [2.24, 2.45) is 0 Å². The summed E-state index contributed by atoms with van der Waals surface area (Å²) >= 11 is 0. The van der Waals surface area contributed by atoms with Gasteiger partial charge in [-0.25, -0.2) is 9.78 Å². The van der Waals surface area contributed by atoms with Crippen molar-refractivity contribution in [2.45, 2.75) is 39.3 Å². The number of hydrogen-bond donors (Lipinski definition) is 1. The molecule has 7 heteroatoms. The Morgan fingerprint density at radius 2 is 1.56 bits per heavy atom. The minimum Gasteiger partial charge on any atom is -0.495 e. The molecule has 7 nitrogen and oxygen atoms in total. The quantitative estimate of drug-likeness (QED) is 0.213. The minimum atomic E-state index is -0.535. The second-order valence-corrected chi connectivity index (χ2v) is 9.82. The number of aromatic nitrogens is 2. The fourth-order valence-corrected chi connectivity index (χ4v) is 5.09. The van der Waals surface area contributed by atoms with Crippen LogP contribution in [0.25, 0.3) is 16.6 Å². The van der Waals surface area contributed by atoms with E-state index >= 15 is 0 Å². The fraction of sp³-hybridized carbons (Fsp3) is 0.206. The van der Waals surface area contributed by atoms with E-state index < -0.39 is 6.04 Å². The molecule has 5 rings (SSSR count). The molecule has 41 heavy (non-hydrogen) atoms. The van der Waals surface area contributed by atoms with Crippen molar-refractivity contribution >= 4 is 22.6 Å². The van der Waals surface area contributed by atoms with Crippen LogP contribution in [-0.4, -0.2) is 27.6 Å². The predicted octanol–water partition coefficient (Wildman–Crippen LogP) is 7.14. The van der Waals surface area contributed by atoms with Gasteiger partial charge in [-0.2, -0.15) is 0 Å². The lowest BCUT2D eigenvalue weighted by Gasteiger charge is -2.32. The number of ether oxygens (including phenoxy) is 1. The number of methoxy groups -OCH3 is 1. The maximum Gasteiger partial charge on any atom is 0.322 e. The first kappa shape index (κ1) is 27.6. The zero-order chi connectivity index (χ0) is 28.8. The molecule has 0 spiro atoms. The standard InChI is InChI=1S/C34H34N4O3/c1-4-24-19-21-26(22-20-24)35-34(40)37(23-25-13-7-6-8-14-25)29(5-2)32-36-28-16-10-9-15-27(28)33(39)38(32)30-17-11-12-18-31(30)41-3/h6-22,29H,4-5,23H2,1-3H3,(H,35,40). The lowest BCUT2D eigenvalue weighted by molar-refractivity contribution is 0.177. The minimum absolute atomic E-state index is 0.219. The van der Waals surface area contributed by atoms with E-state index in [1.165, 1.54) is 5.56 Å². The molecule has 1 heterocycles. The highest BCUT2D eigenvalue weighted by atomic mass is 16.5. The van der Waals surface area contributed by atoms with Gasteiger partial charge in [0.15, 0.2) is 0 Å². The average molecular weight is 547 g/mol. The number of rotatable bonds is 9. The summed E-state index contributed by atoms with van der Waals surface area (Å²) < 4.78 is 7.25. The topological polar surface area (TPSA) is 76.5 Å². The van der Waals surface area contributed by atoms with E-state index in [1.54, 1.807) is 22.6 Å². The maximum absolute atomic E-state index is 14.1. The number of carbonyl (C=O) groups excluding carboxylic acids is 1. The third-order valence-electron chi connectivity index (χ3n) is 7.26. The molecule has 0 fully saturated rings. The Kier molecular flexibility index (Phi) is 8.44. The first-order chi connectivity index (χ1) is 20.0. The third kappa shape index (κ3) is 5.84. The molecule has 0 aliphatic carbocycles. The van der Waals surface area contributed by atoms with Crippen molar-refractivity contribution in [3.63, 3.8) is 0 Å². The van der Waals surface area contributed by atoms with E-state index in [9.17, 15) is 9.59 Å². The van der Waals surface area contributed by atoms with E-state index in [-0.39, 0.29) is 11.6 Å². The van der Waals surface area contributed by atoms with Crippen molar-refractivity contribution in [2.75, 3.05) is 12.4 Å². The normalized spacial score (nSPS) is 11.7. The van der Waals surface area contributed by atoms with Crippen LogP contribution in [0.2, 0.25) is 0 Å². The molecule has 2 amide bonds. The summed E-state index contributed by atoms with van der Waals surface area (Å²) in [6, 6.07) is 31.5. The summed E-state index contributed by atoms with van der Waals surface area (Å²) in [6.45, 7) is 4.42. The summed E-state index contributed by atoms with van der Waals surface area (Å²) in [7, 11) is 1.58. The highest BCUT2D eigenvalue weighted by Crippen LogP contribution is 2.31. The van der Waals surface area contributed by atoms with Gasteiger partial charge in [0.25, 0.3) is 5.56 Å². The first-order valence-electron chi connectivity index (χ1n) is 13.9. The zero-order valence-corrected chi connectivity index (χ0v) is 23.6. The second-order valence-electron chi connectivity index (χ2n) is 9.82. The number of benzene rings is 4. The second kappa shape index (κ2) is 12.5. The zero-order valence-electron chi connectivity index (χ0n) is 23.6. The van der Waals surface area contributed by atoms with Gasteiger partial charge in [0.2, 0.25) is 0 Å². The maximum atomic E-state index is 14.1. The summed E-state index contributed by atoms with van der Waals surface area (Å²) in [5.41, 5.74) is 3.79. The molecule has 0 bridgehead atoms. The van der Waals surface area contributed by atoms with Crippen LogP contribution in [0.5, 0.6) is 5.75 Å². The Hall–Kier alpha value is -4.91. The molecule has 0 radical (unpaired) electrons. The Morgan fingerprint density at radius 1 is 0.878 bits per heavy atom. The van der Waals surface area contributed by atoms with Gasteiger partial charge in [-0.3, -0.25) is 9.36 Å². The first-order valence-corrected chi connectivity index (χ1v) is 13.9. The number of urea groups is 1. The van der Waals surface area contributed by atoms with Crippen LogP contribution in [0.15, 0.2) is 108 Å². The summed E-state index contributed by atoms with van der Waals surface area (Å²) in [4.78, 5) is 34.9. The number of hydrogen-bond acceptors (Lipinski definition) is 4. The molecule has 208 valence electrons. The van der Waals surface area contributed by atoms with Crippen LogP contribution in [0.1, 0.15) is 43.3 Å². The highest BCUT2D eigenvalue weighted by Gasteiger charge is 2.30. The fourth-order valence-electron chi connectivity index (χ4n) is 5.09. The van der Waals surface area contributed by atoms with Gasteiger partial charge < -0.3 is 15.0 Å². The van der Waals surface area contributed by atoms with E-state index in [0.29, 0.717) is 46.8 Å². The van der Waals surface area contributed by atoms with E-state index in [1.807, 2.05) is 104 Å². The molecule has 0 aliphatic rings. The predicted molar refractivity (Wildman–Crippen MR) is 164 cm³/mol. The molecule has 0 saturated heterocycles. The van der Waals surface area contributed by atoms with Crippen molar-refractivity contribution < 1.29 is 9.53 Å². The van der Waals surface area contributed by atoms with E-state index in [4.69, 9.17) is 9.72 Å². The summed E-state index contributed by atoms with van der Waals surface area (Å²) in [5.74, 6) is 1.01. The SMILES string of the molecule is CCc1ccc(NC(=O)N(Cc2ccccc2)C(CC)c2nc3ccccc3c(=O)n2-c2ccccc2OC)cc1. The molecule has 1 unspecified atom stereocenters. The molecule has 0 saturated carbocycles. The lowest BCUT2D eigenvalue weighted by Crippen LogP contribution is -2.40. The van der Waals surface area contributed by atoms with Gasteiger partial charge in [-0.15, -0.1) is 0 Å². The third-order valence-corrected chi connectivity index (χ3v) is 7.26. The lowest BCUT2D eigenvalue weighted by atomic mass is 10.1. The number of nitrogens with one attached hydrogen (secondary N) is 1. The van der Waals surface area contributed by atoms with Crippen LogP contribution in [0, 0.1) is 0 Å². The Labute approximate surface area is 240 Å². The highest BCUT2D eigenvalue weighted by molar-refractivity contribution is 5.89. The Morgan fingerprint density at radius 3 is 2.27 bits per heavy atom. The van der Waals surface area contributed by atoms with Crippen LogP contribution in [0.3, 0.4) is 0 Å². The summed E-state index contributed by atoms with van der Waals surface area (Å²) in [5, 5.41) is 3.57. The number of aryl methyl sites for hydroxylation is 1. The van der Waals surface area contributed by atoms with E-state index in [2.05, 4.69) is 12.2 Å². The van der Waals surface area contributed by atoms with Gasteiger partial charge in [0.05, 0.1) is 29.7 Å². The molecule has 1 aromatic heterocycles. The number of nitrogens with zero attached hydrogens (tertiary/aromatic N) is 3. The number of anilines is 1. The number of fused-ring (bicyclic) bond motifs is 1. The van der Waals surface area contributed by atoms with Gasteiger partial charge >= 0.3 is 6.03 Å². The number of para-hydroxylation sites is 3. The van der Waals surface area contributed by atoms with Crippen LogP contribution < -0.4 is 15.6 Å². The molecule has 1 N–H and O–H groups in total. The van der Waals surface area contributed by atoms with Crippen molar-refractivity contribution in [3.8, 4) is 11.4 Å². The molecule has 0 aliphatic heterocycles. The summed E-state index contributed by atoms with van der Waals surface area (Å²) in [6.07, 6.45) is 1.44. The van der Waals surface area contributed by atoms with Crippen molar-refractivity contribution in [1.29, 1.82) is 0 Å². The van der Waals surface area contributed by atoms with Crippen LogP contribution >= 0.6 is 0 Å². The number of carbonyl (C=O) groups is 1. The van der Waals surface area contributed by atoms with Crippen LogP contribution in [-0.2, 0) is 13.0 Å². The van der Waals surface area contributed by atoms with Gasteiger partial charge in [-0.05, 0) is 60.4 Å². The van der Waals surface area contributed by atoms with Crippen LogP contribution in [0.4, 0.5) is 10.5 Å². The molecule has 1 atom stereocenters. The average Bonchev–Trinajstić information content (AvgIpc) is 3.02. The molecular weight excluding hydrogens is 512 g/mol.